The Kier molecular flexibility index (Phi) is 5.77. The topological polar surface area (TPSA) is 35.2 Å². The highest BCUT2D eigenvalue weighted by atomic mass is 16.5. The third kappa shape index (κ3) is 4.42. The number of nitrogens with two attached hydrogens (primary N) is 1. The molecule has 1 saturated carbocycles. The molecular weight excluding hydrogens is 198 g/mol. The SMILES string of the molecule is CC(C)OCCC1CC(C(C)C)CCC1N. The van der Waals surface area contributed by atoms with E-state index in [9.17, 15) is 0 Å². The Labute approximate surface area is 101 Å². The lowest BCUT2D eigenvalue weighted by Crippen LogP contribution is -2.38. The molecule has 2 nitrogen and oxygen atoms in total. The second kappa shape index (κ2) is 6.61. The Morgan fingerprint density at radius 1 is 1.19 bits per heavy atom. The maximum atomic E-state index is 6.20. The van der Waals surface area contributed by atoms with E-state index in [0.29, 0.717) is 18.1 Å². The van der Waals surface area contributed by atoms with Crippen LogP contribution in [0.2, 0.25) is 0 Å². The normalized spacial score (nSPS) is 31.3. The Balaban J connectivity index is 2.32. The molecule has 1 rings (SSSR count). The summed E-state index contributed by atoms with van der Waals surface area (Å²) < 4.78 is 5.63. The van der Waals surface area contributed by atoms with Crippen LogP contribution in [-0.2, 0) is 4.74 Å². The van der Waals surface area contributed by atoms with Gasteiger partial charge in [-0.2, -0.15) is 0 Å². The van der Waals surface area contributed by atoms with E-state index in [4.69, 9.17) is 10.5 Å². The molecule has 0 saturated heterocycles. The van der Waals surface area contributed by atoms with Gasteiger partial charge in [-0.1, -0.05) is 13.8 Å². The van der Waals surface area contributed by atoms with E-state index < -0.39 is 0 Å². The summed E-state index contributed by atoms with van der Waals surface area (Å²) in [5.74, 6) is 2.37. The van der Waals surface area contributed by atoms with Gasteiger partial charge >= 0.3 is 0 Å². The molecule has 0 aromatic heterocycles. The van der Waals surface area contributed by atoms with E-state index in [-0.39, 0.29) is 0 Å². The standard InChI is InChI=1S/C14H29NO/c1-10(2)12-5-6-14(15)13(9-12)7-8-16-11(3)4/h10-14H,5-9,15H2,1-4H3. The van der Waals surface area contributed by atoms with Crippen molar-refractivity contribution in [3.05, 3.63) is 0 Å². The van der Waals surface area contributed by atoms with Crippen LogP contribution in [0.25, 0.3) is 0 Å². The van der Waals surface area contributed by atoms with Gasteiger partial charge in [-0.05, 0) is 57.3 Å². The molecule has 0 aromatic carbocycles. The fourth-order valence-corrected chi connectivity index (χ4v) is 2.72. The number of ether oxygens (including phenoxy) is 1. The first-order valence-corrected chi connectivity index (χ1v) is 6.88. The van der Waals surface area contributed by atoms with Gasteiger partial charge in [0.15, 0.2) is 0 Å². The van der Waals surface area contributed by atoms with Gasteiger partial charge in [0.1, 0.15) is 0 Å². The van der Waals surface area contributed by atoms with Crippen LogP contribution in [0, 0.1) is 17.8 Å². The van der Waals surface area contributed by atoms with E-state index in [2.05, 4.69) is 27.7 Å². The summed E-state index contributed by atoms with van der Waals surface area (Å²) in [6, 6.07) is 0.408. The molecule has 1 aliphatic rings. The fourth-order valence-electron chi connectivity index (χ4n) is 2.72. The van der Waals surface area contributed by atoms with Gasteiger partial charge < -0.3 is 10.5 Å². The van der Waals surface area contributed by atoms with Gasteiger partial charge in [0, 0.05) is 12.6 Å². The molecule has 0 spiro atoms. The summed E-state index contributed by atoms with van der Waals surface area (Å²) in [5, 5.41) is 0. The highest BCUT2D eigenvalue weighted by Gasteiger charge is 2.29. The minimum Gasteiger partial charge on any atom is -0.379 e. The molecular formula is C14H29NO. The first-order chi connectivity index (χ1) is 7.50. The minimum atomic E-state index is 0.348. The van der Waals surface area contributed by atoms with Gasteiger partial charge in [0.25, 0.3) is 0 Å². The third-order valence-electron chi connectivity index (χ3n) is 3.96. The molecule has 0 bridgehead atoms. The molecule has 3 unspecified atom stereocenters. The first kappa shape index (κ1) is 14.0. The lowest BCUT2D eigenvalue weighted by atomic mass is 9.73. The maximum absolute atomic E-state index is 6.20. The summed E-state index contributed by atoms with van der Waals surface area (Å²) in [6.45, 7) is 9.74. The van der Waals surface area contributed by atoms with E-state index in [1.165, 1.54) is 19.3 Å². The molecule has 0 amide bonds. The lowest BCUT2D eigenvalue weighted by Gasteiger charge is -2.36. The van der Waals surface area contributed by atoms with Crippen molar-refractivity contribution in [2.24, 2.45) is 23.5 Å². The van der Waals surface area contributed by atoms with Crippen molar-refractivity contribution in [2.45, 2.75) is 65.5 Å². The van der Waals surface area contributed by atoms with Gasteiger partial charge in [-0.3, -0.25) is 0 Å². The summed E-state index contributed by atoms with van der Waals surface area (Å²) in [5.41, 5.74) is 6.20. The Hall–Kier alpha value is -0.0800. The predicted molar refractivity (Wildman–Crippen MR) is 69.3 cm³/mol. The molecule has 0 aliphatic heterocycles. The predicted octanol–water partition coefficient (Wildman–Crippen LogP) is 3.20. The second-order valence-corrected chi connectivity index (χ2v) is 5.95. The molecule has 2 heteroatoms. The first-order valence-electron chi connectivity index (χ1n) is 6.88. The largest absolute Gasteiger partial charge is 0.379 e. The van der Waals surface area contributed by atoms with Gasteiger partial charge in [0.2, 0.25) is 0 Å². The van der Waals surface area contributed by atoms with E-state index >= 15 is 0 Å². The summed E-state index contributed by atoms with van der Waals surface area (Å²) in [6.07, 6.45) is 5.32. The maximum Gasteiger partial charge on any atom is 0.0518 e. The third-order valence-corrected chi connectivity index (χ3v) is 3.96. The average Bonchev–Trinajstić information content (AvgIpc) is 2.20. The number of hydrogen-bond acceptors (Lipinski definition) is 2. The smallest absolute Gasteiger partial charge is 0.0518 e. The summed E-state index contributed by atoms with van der Waals surface area (Å²) in [7, 11) is 0. The molecule has 16 heavy (non-hydrogen) atoms. The van der Waals surface area contributed by atoms with Gasteiger partial charge in [-0.25, -0.2) is 0 Å². The van der Waals surface area contributed by atoms with Crippen molar-refractivity contribution in [3.8, 4) is 0 Å². The fraction of sp³-hybridized carbons (Fsp3) is 1.00. The van der Waals surface area contributed by atoms with Crippen LogP contribution in [-0.4, -0.2) is 18.8 Å². The Morgan fingerprint density at radius 2 is 1.88 bits per heavy atom. The monoisotopic (exact) mass is 227 g/mol. The van der Waals surface area contributed by atoms with Crippen molar-refractivity contribution in [1.82, 2.24) is 0 Å². The van der Waals surface area contributed by atoms with Crippen molar-refractivity contribution < 1.29 is 4.74 Å². The zero-order valence-electron chi connectivity index (χ0n) is 11.4. The molecule has 3 atom stereocenters. The van der Waals surface area contributed by atoms with Crippen molar-refractivity contribution in [3.63, 3.8) is 0 Å². The molecule has 1 fully saturated rings. The summed E-state index contributed by atoms with van der Waals surface area (Å²) >= 11 is 0. The average molecular weight is 227 g/mol. The van der Waals surface area contributed by atoms with E-state index in [1.807, 2.05) is 0 Å². The molecule has 1 aliphatic carbocycles. The second-order valence-electron chi connectivity index (χ2n) is 5.95. The lowest BCUT2D eigenvalue weighted by molar-refractivity contribution is 0.0559. The van der Waals surface area contributed by atoms with Crippen molar-refractivity contribution >= 4 is 0 Å². The van der Waals surface area contributed by atoms with Crippen LogP contribution in [0.5, 0.6) is 0 Å². The minimum absolute atomic E-state index is 0.348. The van der Waals surface area contributed by atoms with E-state index in [0.717, 1.165) is 24.9 Å². The zero-order valence-corrected chi connectivity index (χ0v) is 11.4. The van der Waals surface area contributed by atoms with Crippen molar-refractivity contribution in [1.29, 1.82) is 0 Å². The van der Waals surface area contributed by atoms with Gasteiger partial charge in [-0.15, -0.1) is 0 Å². The van der Waals surface area contributed by atoms with Crippen LogP contribution < -0.4 is 5.73 Å². The Morgan fingerprint density at radius 3 is 2.44 bits per heavy atom. The van der Waals surface area contributed by atoms with Crippen LogP contribution in [0.1, 0.15) is 53.4 Å². The van der Waals surface area contributed by atoms with Crippen LogP contribution in [0.3, 0.4) is 0 Å². The zero-order chi connectivity index (χ0) is 12.1. The molecule has 96 valence electrons. The number of rotatable bonds is 5. The van der Waals surface area contributed by atoms with Crippen molar-refractivity contribution in [2.75, 3.05) is 6.61 Å². The van der Waals surface area contributed by atoms with Crippen LogP contribution in [0.15, 0.2) is 0 Å². The summed E-state index contributed by atoms with van der Waals surface area (Å²) in [4.78, 5) is 0. The number of hydrogen-bond donors (Lipinski definition) is 1. The van der Waals surface area contributed by atoms with Crippen LogP contribution in [0.4, 0.5) is 0 Å². The molecule has 0 aromatic rings. The van der Waals surface area contributed by atoms with Crippen LogP contribution >= 0.6 is 0 Å². The molecule has 0 heterocycles. The highest BCUT2D eigenvalue weighted by molar-refractivity contribution is 4.83. The quantitative estimate of drug-likeness (QED) is 0.783. The van der Waals surface area contributed by atoms with Gasteiger partial charge in [0.05, 0.1) is 6.10 Å². The Bertz CT molecular complexity index is 191. The molecule has 2 N–H and O–H groups in total. The highest BCUT2D eigenvalue weighted by Crippen LogP contribution is 2.34. The van der Waals surface area contributed by atoms with E-state index in [1.54, 1.807) is 0 Å². The molecule has 0 radical (unpaired) electrons.